The number of nitrogens with two attached hydrogens (primary N) is 1. The molecule has 3 rings (SSSR count). The maximum atomic E-state index is 13.7. The first kappa shape index (κ1) is 18.1. The van der Waals surface area contributed by atoms with Crippen LogP contribution in [0.2, 0.25) is 0 Å². The third kappa shape index (κ3) is 3.50. The molecule has 3 N–H and O–H groups in total. The molecular weight excluding hydrogens is 323 g/mol. The van der Waals surface area contributed by atoms with Gasteiger partial charge in [-0.25, -0.2) is 9.18 Å². The molecule has 2 aliphatic rings. The monoisotopic (exact) mass is 344 g/mol. The zero-order valence-corrected chi connectivity index (χ0v) is 13.8. The molecule has 0 aliphatic carbocycles. The zero-order valence-electron chi connectivity index (χ0n) is 13.0. The highest BCUT2D eigenvalue weighted by atomic mass is 35.5. The van der Waals surface area contributed by atoms with Gasteiger partial charge in [-0.15, -0.1) is 12.4 Å². The summed E-state index contributed by atoms with van der Waals surface area (Å²) in [6.45, 7) is 3.44. The van der Waals surface area contributed by atoms with Crippen molar-refractivity contribution in [1.29, 1.82) is 0 Å². The van der Waals surface area contributed by atoms with Crippen molar-refractivity contribution in [3.63, 3.8) is 0 Å². The van der Waals surface area contributed by atoms with Gasteiger partial charge in [0, 0.05) is 24.7 Å². The normalized spacial score (nSPS) is 25.5. The first-order valence-corrected chi connectivity index (χ1v) is 7.57. The van der Waals surface area contributed by atoms with Crippen molar-refractivity contribution in [2.45, 2.75) is 38.3 Å². The Kier molecular flexibility index (Phi) is 5.62. The number of fused-ring (bicyclic) bond motifs is 1. The predicted octanol–water partition coefficient (Wildman–Crippen LogP) is 1.49. The molecule has 5 nitrogen and oxygen atoms in total. The van der Waals surface area contributed by atoms with E-state index in [1.807, 2.05) is 11.8 Å². The number of aliphatic hydroxyl groups is 1. The van der Waals surface area contributed by atoms with Crippen molar-refractivity contribution in [2.24, 2.45) is 5.73 Å². The van der Waals surface area contributed by atoms with Crippen LogP contribution in [0.15, 0.2) is 12.1 Å². The summed E-state index contributed by atoms with van der Waals surface area (Å²) in [6, 6.07) is 3.05. The number of hydrogen-bond donors (Lipinski definition) is 2. The first-order valence-electron chi connectivity index (χ1n) is 7.57. The molecule has 0 saturated carbocycles. The Labute approximate surface area is 141 Å². The van der Waals surface area contributed by atoms with Crippen molar-refractivity contribution in [1.82, 2.24) is 4.90 Å². The molecule has 0 amide bonds. The summed E-state index contributed by atoms with van der Waals surface area (Å²) in [7, 11) is 0. The number of halogens is 2. The van der Waals surface area contributed by atoms with Gasteiger partial charge in [0.2, 0.25) is 0 Å². The summed E-state index contributed by atoms with van der Waals surface area (Å²) < 4.78 is 18.7. The summed E-state index contributed by atoms with van der Waals surface area (Å²) in [5.74, 6) is -0.315. The second-order valence-corrected chi connectivity index (χ2v) is 6.13. The van der Waals surface area contributed by atoms with Gasteiger partial charge in [0.25, 0.3) is 0 Å². The largest absolute Gasteiger partial charge is 0.457 e. The molecule has 0 bridgehead atoms. The van der Waals surface area contributed by atoms with Gasteiger partial charge in [0.05, 0.1) is 11.7 Å². The fourth-order valence-electron chi connectivity index (χ4n) is 3.22. The van der Waals surface area contributed by atoms with E-state index in [9.17, 15) is 14.3 Å². The fourth-order valence-corrected chi connectivity index (χ4v) is 3.22. The van der Waals surface area contributed by atoms with Crippen LogP contribution in [-0.2, 0) is 11.3 Å². The number of carbonyl (C=O) groups is 1. The van der Waals surface area contributed by atoms with Crippen LogP contribution in [-0.4, -0.2) is 47.8 Å². The Bertz CT molecular complexity index is 599. The van der Waals surface area contributed by atoms with Gasteiger partial charge in [-0.2, -0.15) is 0 Å². The van der Waals surface area contributed by atoms with Crippen molar-refractivity contribution < 1.29 is 19.0 Å². The molecule has 1 aromatic carbocycles. The molecule has 23 heavy (non-hydrogen) atoms. The number of likely N-dealkylation sites (tertiary alicyclic amines) is 1. The zero-order chi connectivity index (χ0) is 15.9. The summed E-state index contributed by atoms with van der Waals surface area (Å²) in [5, 5.41) is 10.5. The van der Waals surface area contributed by atoms with Crippen molar-refractivity contribution in [2.75, 3.05) is 19.6 Å². The Morgan fingerprint density at radius 3 is 2.96 bits per heavy atom. The number of nitrogens with zero attached hydrogens (tertiary/aromatic N) is 1. The maximum absolute atomic E-state index is 13.7. The molecule has 1 aromatic rings. The molecule has 2 aliphatic heterocycles. The number of carbonyl (C=O) groups excluding carboxylic acids is 1. The SMILES string of the molecule is Cc1c([C@@H](O)CN2CCC(N)[C@@H](F)C2)ccc2c1COC2=O.Cl. The Balaban J connectivity index is 0.00000192. The van der Waals surface area contributed by atoms with Crippen LogP contribution in [0.4, 0.5) is 4.39 Å². The highest BCUT2D eigenvalue weighted by molar-refractivity contribution is 5.93. The van der Waals surface area contributed by atoms with Crippen LogP contribution in [0.3, 0.4) is 0 Å². The minimum Gasteiger partial charge on any atom is -0.457 e. The van der Waals surface area contributed by atoms with Crippen LogP contribution in [0.25, 0.3) is 0 Å². The van der Waals surface area contributed by atoms with Crippen LogP contribution < -0.4 is 5.73 Å². The van der Waals surface area contributed by atoms with Gasteiger partial charge in [-0.1, -0.05) is 6.07 Å². The van der Waals surface area contributed by atoms with E-state index < -0.39 is 18.3 Å². The lowest BCUT2D eigenvalue weighted by Gasteiger charge is -2.34. The number of benzene rings is 1. The van der Waals surface area contributed by atoms with Gasteiger partial charge < -0.3 is 15.6 Å². The van der Waals surface area contributed by atoms with Gasteiger partial charge in [-0.05, 0) is 37.1 Å². The highest BCUT2D eigenvalue weighted by Gasteiger charge is 2.29. The van der Waals surface area contributed by atoms with Crippen LogP contribution in [0, 0.1) is 6.92 Å². The fraction of sp³-hybridized carbons (Fsp3) is 0.562. The van der Waals surface area contributed by atoms with E-state index in [1.165, 1.54) is 0 Å². The van der Waals surface area contributed by atoms with Crippen molar-refractivity contribution >= 4 is 18.4 Å². The summed E-state index contributed by atoms with van der Waals surface area (Å²) in [6.07, 6.45) is -1.17. The number of ether oxygens (including phenoxy) is 1. The number of rotatable bonds is 3. The second kappa shape index (κ2) is 7.13. The molecule has 1 fully saturated rings. The number of hydrogen-bond acceptors (Lipinski definition) is 5. The average Bonchev–Trinajstić information content (AvgIpc) is 2.86. The highest BCUT2D eigenvalue weighted by Crippen LogP contribution is 2.29. The quantitative estimate of drug-likeness (QED) is 0.813. The van der Waals surface area contributed by atoms with E-state index in [-0.39, 0.29) is 31.5 Å². The molecule has 0 aromatic heterocycles. The smallest absolute Gasteiger partial charge is 0.338 e. The molecule has 7 heteroatoms. The molecule has 128 valence electrons. The first-order chi connectivity index (χ1) is 10.5. The van der Waals surface area contributed by atoms with Gasteiger partial charge in [0.15, 0.2) is 0 Å². The number of cyclic esters (lactones) is 1. The number of esters is 1. The molecule has 2 heterocycles. The van der Waals surface area contributed by atoms with Crippen LogP contribution in [0.1, 0.15) is 39.6 Å². The molecule has 3 atom stereocenters. The predicted molar refractivity (Wildman–Crippen MR) is 86.4 cm³/mol. The number of aliphatic hydroxyl groups excluding tert-OH is 1. The Hall–Kier alpha value is -1.21. The summed E-state index contributed by atoms with van der Waals surface area (Å²) >= 11 is 0. The van der Waals surface area contributed by atoms with Gasteiger partial charge >= 0.3 is 5.97 Å². The lowest BCUT2D eigenvalue weighted by molar-refractivity contribution is 0.0535. The maximum Gasteiger partial charge on any atom is 0.338 e. The minimum atomic E-state index is -1.05. The number of alkyl halides is 1. The molecule has 1 unspecified atom stereocenters. The third-order valence-electron chi connectivity index (χ3n) is 4.67. The Morgan fingerprint density at radius 1 is 1.52 bits per heavy atom. The van der Waals surface area contributed by atoms with Gasteiger partial charge in [0.1, 0.15) is 12.8 Å². The topological polar surface area (TPSA) is 75.8 Å². The standard InChI is InChI=1S/C16H21FN2O3.ClH/c1-9-10(2-3-11-12(9)8-22-16(11)21)15(20)7-19-5-4-14(18)13(17)6-19;/h2-3,13-15,20H,4-8,18H2,1H3;1H/t13-,14?,15-;/m0./s1. The summed E-state index contributed by atoms with van der Waals surface area (Å²) in [5.41, 5.74) is 8.72. The molecular formula is C16H22ClFN2O3. The van der Waals surface area contributed by atoms with E-state index in [0.29, 0.717) is 25.1 Å². The Morgan fingerprint density at radius 2 is 2.26 bits per heavy atom. The third-order valence-corrected chi connectivity index (χ3v) is 4.67. The number of piperidine rings is 1. The summed E-state index contributed by atoms with van der Waals surface area (Å²) in [4.78, 5) is 13.4. The lowest BCUT2D eigenvalue weighted by atomic mass is 9.94. The van der Waals surface area contributed by atoms with E-state index in [1.54, 1.807) is 12.1 Å². The van der Waals surface area contributed by atoms with E-state index in [4.69, 9.17) is 10.5 Å². The van der Waals surface area contributed by atoms with E-state index in [0.717, 1.165) is 16.7 Å². The molecule has 0 radical (unpaired) electrons. The van der Waals surface area contributed by atoms with Crippen molar-refractivity contribution in [3.05, 3.63) is 34.4 Å². The number of β-amino-alcohol motifs (C(OH)–C–C–N with tert-alkyl or cyclic N) is 1. The van der Waals surface area contributed by atoms with Crippen molar-refractivity contribution in [3.8, 4) is 0 Å². The average molecular weight is 345 g/mol. The van der Waals surface area contributed by atoms with E-state index in [2.05, 4.69) is 0 Å². The van der Waals surface area contributed by atoms with E-state index >= 15 is 0 Å². The minimum absolute atomic E-state index is 0. The second-order valence-electron chi connectivity index (χ2n) is 6.13. The van der Waals surface area contributed by atoms with Crippen LogP contribution in [0.5, 0.6) is 0 Å². The molecule has 0 spiro atoms. The molecule has 1 saturated heterocycles. The van der Waals surface area contributed by atoms with Crippen LogP contribution >= 0.6 is 12.4 Å². The lowest BCUT2D eigenvalue weighted by Crippen LogP contribution is -2.49. The van der Waals surface area contributed by atoms with Gasteiger partial charge in [-0.3, -0.25) is 4.90 Å².